The van der Waals surface area contributed by atoms with Crippen LogP contribution in [0.5, 0.6) is 0 Å². The first-order valence-corrected chi connectivity index (χ1v) is 8.20. The van der Waals surface area contributed by atoms with Gasteiger partial charge < -0.3 is 5.32 Å². The number of halogens is 2. The largest absolute Gasteiger partial charge is 0.311 e. The smallest absolute Gasteiger partial charge is 0.0456 e. The summed E-state index contributed by atoms with van der Waals surface area (Å²) in [4.78, 5) is 0. The van der Waals surface area contributed by atoms with Crippen molar-refractivity contribution in [2.75, 3.05) is 6.54 Å². The number of hydrogen-bond acceptors (Lipinski definition) is 1. The molecule has 0 fully saturated rings. The Morgan fingerprint density at radius 1 is 1.20 bits per heavy atom. The highest BCUT2D eigenvalue weighted by Gasteiger charge is 2.23. The lowest BCUT2D eigenvalue weighted by Crippen LogP contribution is -2.39. The highest BCUT2D eigenvalue weighted by atomic mass is 35.5. The molecule has 3 heteroatoms. The molecule has 1 N–H and O–H groups in total. The minimum absolute atomic E-state index is 0.114. The molecule has 0 saturated carbocycles. The standard InChI is InChI=1S/C17H27Cl2N/c1-6-7-12(2)15(11-20-17(3,4)5)14-9-8-13(18)10-16(14)19/h8-10,12,15,20H,6-7,11H2,1-5H3. The molecule has 0 spiro atoms. The maximum absolute atomic E-state index is 6.41. The monoisotopic (exact) mass is 315 g/mol. The van der Waals surface area contributed by atoms with Gasteiger partial charge in [-0.05, 0) is 44.4 Å². The third kappa shape index (κ3) is 5.63. The lowest BCUT2D eigenvalue weighted by Gasteiger charge is -2.30. The summed E-state index contributed by atoms with van der Waals surface area (Å²) in [5, 5.41) is 5.09. The first-order chi connectivity index (χ1) is 9.24. The summed E-state index contributed by atoms with van der Waals surface area (Å²) in [6, 6.07) is 5.86. The zero-order valence-corrected chi connectivity index (χ0v) is 14.8. The van der Waals surface area contributed by atoms with Crippen LogP contribution in [0.25, 0.3) is 0 Å². The van der Waals surface area contributed by atoms with E-state index in [2.05, 4.69) is 46.0 Å². The molecule has 0 aliphatic rings. The highest BCUT2D eigenvalue weighted by molar-refractivity contribution is 6.35. The van der Waals surface area contributed by atoms with Crippen molar-refractivity contribution in [2.45, 2.75) is 58.9 Å². The van der Waals surface area contributed by atoms with Gasteiger partial charge in [-0.3, -0.25) is 0 Å². The van der Waals surface area contributed by atoms with E-state index in [1.54, 1.807) is 0 Å². The van der Waals surface area contributed by atoms with Crippen LogP contribution >= 0.6 is 23.2 Å². The lowest BCUT2D eigenvalue weighted by molar-refractivity contribution is 0.348. The zero-order valence-electron chi connectivity index (χ0n) is 13.3. The molecule has 0 aromatic heterocycles. The van der Waals surface area contributed by atoms with E-state index < -0.39 is 0 Å². The molecule has 0 saturated heterocycles. The summed E-state index contributed by atoms with van der Waals surface area (Å²) in [5.74, 6) is 1.01. The molecule has 1 nitrogen and oxygen atoms in total. The molecule has 1 aromatic carbocycles. The van der Waals surface area contributed by atoms with E-state index in [9.17, 15) is 0 Å². The fraction of sp³-hybridized carbons (Fsp3) is 0.647. The van der Waals surface area contributed by atoms with Crippen molar-refractivity contribution in [3.8, 4) is 0 Å². The third-order valence-electron chi connectivity index (χ3n) is 3.65. The Labute approximate surface area is 134 Å². The van der Waals surface area contributed by atoms with Crippen molar-refractivity contribution in [1.82, 2.24) is 5.32 Å². The Balaban J connectivity index is 2.96. The first-order valence-electron chi connectivity index (χ1n) is 7.44. The summed E-state index contributed by atoms with van der Waals surface area (Å²) in [5.41, 5.74) is 1.32. The molecule has 0 aliphatic carbocycles. The van der Waals surface area contributed by atoms with Gasteiger partial charge in [0.2, 0.25) is 0 Å². The average Bonchev–Trinajstić information content (AvgIpc) is 2.30. The van der Waals surface area contributed by atoms with Crippen molar-refractivity contribution >= 4 is 23.2 Å². The van der Waals surface area contributed by atoms with E-state index >= 15 is 0 Å². The third-order valence-corrected chi connectivity index (χ3v) is 4.21. The van der Waals surface area contributed by atoms with E-state index in [1.807, 2.05) is 12.1 Å². The van der Waals surface area contributed by atoms with Crippen LogP contribution < -0.4 is 5.32 Å². The normalized spacial score (nSPS) is 15.2. The van der Waals surface area contributed by atoms with Gasteiger partial charge in [-0.15, -0.1) is 0 Å². The van der Waals surface area contributed by atoms with Crippen LogP contribution in [0.3, 0.4) is 0 Å². The minimum atomic E-state index is 0.114. The van der Waals surface area contributed by atoms with Crippen LogP contribution in [0, 0.1) is 5.92 Å². The fourth-order valence-electron chi connectivity index (χ4n) is 2.49. The molecule has 0 amide bonds. The van der Waals surface area contributed by atoms with Crippen molar-refractivity contribution in [3.05, 3.63) is 33.8 Å². The van der Waals surface area contributed by atoms with Crippen molar-refractivity contribution in [2.24, 2.45) is 5.92 Å². The van der Waals surface area contributed by atoms with Gasteiger partial charge in [0.1, 0.15) is 0 Å². The van der Waals surface area contributed by atoms with Gasteiger partial charge in [0.05, 0.1) is 0 Å². The zero-order chi connectivity index (χ0) is 15.3. The Kier molecular flexibility index (Phi) is 6.84. The van der Waals surface area contributed by atoms with E-state index in [1.165, 1.54) is 18.4 Å². The summed E-state index contributed by atoms with van der Waals surface area (Å²) in [7, 11) is 0. The predicted molar refractivity (Wildman–Crippen MR) is 91.0 cm³/mol. The first kappa shape index (κ1) is 17.8. The molecular weight excluding hydrogens is 289 g/mol. The van der Waals surface area contributed by atoms with Crippen LogP contribution in [0.15, 0.2) is 18.2 Å². The Morgan fingerprint density at radius 2 is 1.85 bits per heavy atom. The molecule has 1 rings (SSSR count). The second-order valence-corrected chi connectivity index (χ2v) is 7.51. The van der Waals surface area contributed by atoms with Crippen molar-refractivity contribution < 1.29 is 0 Å². The molecule has 1 aromatic rings. The van der Waals surface area contributed by atoms with Gasteiger partial charge in [-0.25, -0.2) is 0 Å². The summed E-state index contributed by atoms with van der Waals surface area (Å²) >= 11 is 12.4. The number of hydrogen-bond donors (Lipinski definition) is 1. The lowest BCUT2D eigenvalue weighted by atomic mass is 9.84. The molecule has 2 atom stereocenters. The van der Waals surface area contributed by atoms with E-state index in [0.29, 0.717) is 16.9 Å². The topological polar surface area (TPSA) is 12.0 Å². The molecule has 0 heterocycles. The second-order valence-electron chi connectivity index (χ2n) is 6.67. The molecule has 20 heavy (non-hydrogen) atoms. The predicted octanol–water partition coefficient (Wildman–Crippen LogP) is 5.90. The van der Waals surface area contributed by atoms with Gasteiger partial charge in [-0.2, -0.15) is 0 Å². The van der Waals surface area contributed by atoms with Crippen LogP contribution in [-0.4, -0.2) is 12.1 Å². The SMILES string of the molecule is CCCC(C)C(CNC(C)(C)C)c1ccc(Cl)cc1Cl. The Bertz CT molecular complexity index is 423. The van der Waals surface area contributed by atoms with Gasteiger partial charge in [-0.1, -0.05) is 56.0 Å². The minimum Gasteiger partial charge on any atom is -0.311 e. The number of rotatable bonds is 6. The molecule has 0 bridgehead atoms. The van der Waals surface area contributed by atoms with Crippen LogP contribution in [0.1, 0.15) is 58.9 Å². The molecule has 2 unspecified atom stereocenters. The second kappa shape index (κ2) is 7.68. The Hall–Kier alpha value is -0.240. The van der Waals surface area contributed by atoms with E-state index in [4.69, 9.17) is 23.2 Å². The van der Waals surface area contributed by atoms with E-state index in [-0.39, 0.29) is 5.54 Å². The van der Waals surface area contributed by atoms with Crippen LogP contribution in [-0.2, 0) is 0 Å². The van der Waals surface area contributed by atoms with Gasteiger partial charge in [0, 0.05) is 28.0 Å². The van der Waals surface area contributed by atoms with E-state index in [0.717, 1.165) is 11.6 Å². The average molecular weight is 316 g/mol. The van der Waals surface area contributed by atoms with Crippen molar-refractivity contribution in [3.63, 3.8) is 0 Å². The summed E-state index contributed by atoms with van der Waals surface area (Å²) in [6.07, 6.45) is 2.40. The van der Waals surface area contributed by atoms with Gasteiger partial charge in [0.25, 0.3) is 0 Å². The molecular formula is C17H27Cl2N. The van der Waals surface area contributed by atoms with Gasteiger partial charge >= 0.3 is 0 Å². The Morgan fingerprint density at radius 3 is 2.35 bits per heavy atom. The maximum atomic E-state index is 6.41. The highest BCUT2D eigenvalue weighted by Crippen LogP contribution is 2.34. The summed E-state index contributed by atoms with van der Waals surface area (Å²) in [6.45, 7) is 12.1. The number of nitrogens with one attached hydrogen (secondary N) is 1. The van der Waals surface area contributed by atoms with Gasteiger partial charge in [0.15, 0.2) is 0 Å². The van der Waals surface area contributed by atoms with Crippen molar-refractivity contribution in [1.29, 1.82) is 0 Å². The number of benzene rings is 1. The molecule has 0 aliphatic heterocycles. The quantitative estimate of drug-likeness (QED) is 0.689. The van der Waals surface area contributed by atoms with Crippen LogP contribution in [0.4, 0.5) is 0 Å². The summed E-state index contributed by atoms with van der Waals surface area (Å²) < 4.78 is 0. The molecule has 114 valence electrons. The van der Waals surface area contributed by atoms with Crippen LogP contribution in [0.2, 0.25) is 10.0 Å². The molecule has 0 radical (unpaired) electrons. The fourth-order valence-corrected chi connectivity index (χ4v) is 3.04. The maximum Gasteiger partial charge on any atom is 0.0456 e.